The summed E-state index contributed by atoms with van der Waals surface area (Å²) in [6.45, 7) is 4.08. The van der Waals surface area contributed by atoms with Crippen molar-refractivity contribution in [2.75, 3.05) is 0 Å². The molecule has 1 aliphatic rings. The van der Waals surface area contributed by atoms with E-state index in [9.17, 15) is 9.59 Å². The van der Waals surface area contributed by atoms with E-state index in [1.165, 1.54) is 18.3 Å². The molecule has 1 amide bonds. The number of nitrogens with one attached hydrogen (secondary N) is 2. The molecule has 92 valence electrons. The molecule has 1 saturated carbocycles. The molecule has 4 N–H and O–H groups in total. The first kappa shape index (κ1) is 11.9. The van der Waals surface area contributed by atoms with Crippen LogP contribution in [0.2, 0.25) is 0 Å². The number of H-pyrrole nitrogens is 1. The molecule has 2 rings (SSSR count). The third kappa shape index (κ3) is 2.10. The maximum atomic E-state index is 11.9. The zero-order valence-electron chi connectivity index (χ0n) is 9.99. The highest BCUT2D eigenvalue weighted by Crippen LogP contribution is 2.39. The van der Waals surface area contributed by atoms with Gasteiger partial charge >= 0.3 is 0 Å². The minimum Gasteiger partial charge on any atom is -0.349 e. The lowest BCUT2D eigenvalue weighted by atomic mass is 9.63. The van der Waals surface area contributed by atoms with Gasteiger partial charge in [0.15, 0.2) is 0 Å². The molecule has 0 aliphatic heterocycles. The summed E-state index contributed by atoms with van der Waals surface area (Å²) in [5, 5.41) is 2.93. The van der Waals surface area contributed by atoms with Gasteiger partial charge in [0.05, 0.1) is 5.56 Å². The maximum absolute atomic E-state index is 11.9. The van der Waals surface area contributed by atoms with Gasteiger partial charge in [-0.05, 0) is 12.5 Å². The van der Waals surface area contributed by atoms with Crippen molar-refractivity contribution in [2.24, 2.45) is 11.1 Å². The molecule has 1 aromatic rings. The number of hydrogen-bond donors (Lipinski definition) is 3. The van der Waals surface area contributed by atoms with Gasteiger partial charge in [-0.2, -0.15) is 0 Å². The second-order valence-electron chi connectivity index (χ2n) is 5.13. The fourth-order valence-electron chi connectivity index (χ4n) is 2.00. The topological polar surface area (TPSA) is 88.0 Å². The van der Waals surface area contributed by atoms with Crippen LogP contribution in [0.3, 0.4) is 0 Å². The lowest BCUT2D eigenvalue weighted by molar-refractivity contribution is 0.0586. The van der Waals surface area contributed by atoms with Gasteiger partial charge in [-0.1, -0.05) is 13.8 Å². The summed E-state index contributed by atoms with van der Waals surface area (Å²) in [5.41, 5.74) is 6.05. The molecule has 1 heterocycles. The van der Waals surface area contributed by atoms with Crippen molar-refractivity contribution in [1.82, 2.24) is 10.3 Å². The van der Waals surface area contributed by atoms with Crippen LogP contribution in [0.4, 0.5) is 0 Å². The van der Waals surface area contributed by atoms with Gasteiger partial charge in [-0.25, -0.2) is 0 Å². The Kier molecular flexibility index (Phi) is 2.79. The van der Waals surface area contributed by atoms with Gasteiger partial charge in [0, 0.05) is 29.8 Å². The highest BCUT2D eigenvalue weighted by molar-refractivity contribution is 5.94. The first-order valence-electron chi connectivity index (χ1n) is 5.66. The number of hydrogen-bond acceptors (Lipinski definition) is 3. The second-order valence-corrected chi connectivity index (χ2v) is 5.13. The molecule has 0 bridgehead atoms. The van der Waals surface area contributed by atoms with Crippen molar-refractivity contribution in [1.29, 1.82) is 0 Å². The average molecular weight is 235 g/mol. The molecule has 17 heavy (non-hydrogen) atoms. The van der Waals surface area contributed by atoms with Gasteiger partial charge in [0.2, 0.25) is 5.56 Å². The molecule has 0 spiro atoms. The summed E-state index contributed by atoms with van der Waals surface area (Å²) >= 11 is 0. The number of nitrogens with two attached hydrogens (primary N) is 1. The first-order valence-corrected chi connectivity index (χ1v) is 5.66. The standard InChI is InChI=1S/C12H17N3O2/c1-12(2)8(13)5-9(12)15-11(17)7-3-4-10(16)14-6-7/h3-4,6,8-9H,5,13H2,1-2H3,(H,14,16)(H,15,17). The summed E-state index contributed by atoms with van der Waals surface area (Å²) in [7, 11) is 0. The minimum atomic E-state index is -0.215. The van der Waals surface area contributed by atoms with Crippen LogP contribution < -0.4 is 16.6 Å². The van der Waals surface area contributed by atoms with Crippen LogP contribution in [0.1, 0.15) is 30.6 Å². The first-order chi connectivity index (χ1) is 7.91. The fourth-order valence-corrected chi connectivity index (χ4v) is 2.00. The fraction of sp³-hybridized carbons (Fsp3) is 0.500. The number of carbonyl (C=O) groups excluding carboxylic acids is 1. The van der Waals surface area contributed by atoms with E-state index in [4.69, 9.17) is 5.73 Å². The van der Waals surface area contributed by atoms with E-state index in [0.29, 0.717) is 5.56 Å². The normalized spacial score (nSPS) is 26.1. The Hall–Kier alpha value is -1.62. The van der Waals surface area contributed by atoms with Crippen molar-refractivity contribution in [2.45, 2.75) is 32.4 Å². The Bertz CT molecular complexity index is 472. The van der Waals surface area contributed by atoms with Crippen molar-refractivity contribution < 1.29 is 4.79 Å². The van der Waals surface area contributed by atoms with Crippen molar-refractivity contribution in [3.8, 4) is 0 Å². The van der Waals surface area contributed by atoms with E-state index in [2.05, 4.69) is 10.3 Å². The summed E-state index contributed by atoms with van der Waals surface area (Å²) in [6.07, 6.45) is 2.21. The molecule has 1 aliphatic carbocycles. The molecule has 2 atom stereocenters. The number of aromatic amines is 1. The van der Waals surface area contributed by atoms with Crippen LogP contribution in [-0.2, 0) is 0 Å². The van der Waals surface area contributed by atoms with E-state index >= 15 is 0 Å². The quantitative estimate of drug-likeness (QED) is 0.685. The number of rotatable bonds is 2. The number of carbonyl (C=O) groups is 1. The minimum absolute atomic E-state index is 0.0716. The van der Waals surface area contributed by atoms with E-state index in [1.807, 2.05) is 13.8 Å². The zero-order chi connectivity index (χ0) is 12.6. The highest BCUT2D eigenvalue weighted by atomic mass is 16.2. The third-order valence-corrected chi connectivity index (χ3v) is 3.70. The third-order valence-electron chi connectivity index (χ3n) is 3.70. The maximum Gasteiger partial charge on any atom is 0.252 e. The number of amides is 1. The second kappa shape index (κ2) is 4.00. The van der Waals surface area contributed by atoms with Crippen LogP contribution in [0.5, 0.6) is 0 Å². The SMILES string of the molecule is CC1(C)C(N)CC1NC(=O)c1ccc(=O)[nH]c1. The number of pyridine rings is 1. The van der Waals surface area contributed by atoms with Crippen LogP contribution in [0.15, 0.2) is 23.1 Å². The molecule has 1 fully saturated rings. The van der Waals surface area contributed by atoms with E-state index in [-0.39, 0.29) is 29.0 Å². The highest BCUT2D eigenvalue weighted by Gasteiger charge is 2.46. The van der Waals surface area contributed by atoms with Crippen LogP contribution in [0, 0.1) is 5.41 Å². The van der Waals surface area contributed by atoms with E-state index in [0.717, 1.165) is 6.42 Å². The smallest absolute Gasteiger partial charge is 0.252 e. The monoisotopic (exact) mass is 235 g/mol. The molecule has 0 aromatic carbocycles. The molecule has 2 unspecified atom stereocenters. The van der Waals surface area contributed by atoms with Crippen LogP contribution >= 0.6 is 0 Å². The largest absolute Gasteiger partial charge is 0.349 e. The molecular weight excluding hydrogens is 218 g/mol. The predicted octanol–water partition coefficient (Wildman–Crippen LogP) is 0.230. The lowest BCUT2D eigenvalue weighted by Crippen LogP contribution is -2.64. The van der Waals surface area contributed by atoms with Crippen molar-refractivity contribution in [3.63, 3.8) is 0 Å². The van der Waals surface area contributed by atoms with E-state index < -0.39 is 0 Å². The Labute approximate surface area is 99.4 Å². The summed E-state index contributed by atoms with van der Waals surface area (Å²) in [4.78, 5) is 25.2. The number of aromatic nitrogens is 1. The summed E-state index contributed by atoms with van der Waals surface area (Å²) < 4.78 is 0. The van der Waals surface area contributed by atoms with Gasteiger partial charge < -0.3 is 16.0 Å². The molecule has 5 nitrogen and oxygen atoms in total. The Balaban J connectivity index is 2.03. The molecule has 1 aromatic heterocycles. The molecule has 5 heteroatoms. The Morgan fingerprint density at radius 2 is 2.24 bits per heavy atom. The van der Waals surface area contributed by atoms with Crippen molar-refractivity contribution >= 4 is 5.91 Å². The zero-order valence-corrected chi connectivity index (χ0v) is 9.99. The predicted molar refractivity (Wildman–Crippen MR) is 64.7 cm³/mol. The Morgan fingerprint density at radius 1 is 1.53 bits per heavy atom. The van der Waals surface area contributed by atoms with Gasteiger partial charge in [-0.15, -0.1) is 0 Å². The van der Waals surface area contributed by atoms with Crippen molar-refractivity contribution in [3.05, 3.63) is 34.2 Å². The average Bonchev–Trinajstić information content (AvgIpc) is 2.29. The lowest BCUT2D eigenvalue weighted by Gasteiger charge is -2.50. The summed E-state index contributed by atoms with van der Waals surface area (Å²) in [6, 6.07) is 3.08. The van der Waals surface area contributed by atoms with E-state index in [1.54, 1.807) is 0 Å². The van der Waals surface area contributed by atoms with Crippen LogP contribution in [-0.4, -0.2) is 23.0 Å². The summed E-state index contributed by atoms with van der Waals surface area (Å²) in [5.74, 6) is -0.175. The van der Waals surface area contributed by atoms with Crippen LogP contribution in [0.25, 0.3) is 0 Å². The van der Waals surface area contributed by atoms with Gasteiger partial charge in [0.1, 0.15) is 0 Å². The molecular formula is C12H17N3O2. The molecule has 0 saturated heterocycles. The Morgan fingerprint density at radius 3 is 2.71 bits per heavy atom. The molecule has 0 radical (unpaired) electrons. The van der Waals surface area contributed by atoms with Gasteiger partial charge in [-0.3, -0.25) is 9.59 Å². The van der Waals surface area contributed by atoms with Gasteiger partial charge in [0.25, 0.3) is 5.91 Å².